The first-order valence-corrected chi connectivity index (χ1v) is 9.78. The lowest BCUT2D eigenvalue weighted by Gasteiger charge is -2.15. The van der Waals surface area contributed by atoms with E-state index < -0.39 is 17.0 Å². The zero-order valence-electron chi connectivity index (χ0n) is 15.8. The van der Waals surface area contributed by atoms with Crippen molar-refractivity contribution < 1.29 is 22.8 Å². The molecule has 158 valence electrons. The first-order valence-electron chi connectivity index (χ1n) is 9.41. The minimum atomic E-state index is -3.73. The van der Waals surface area contributed by atoms with E-state index in [4.69, 9.17) is 16.0 Å². The summed E-state index contributed by atoms with van der Waals surface area (Å²) in [5, 5.41) is 2.90. The molecule has 3 aromatic rings. The molecule has 1 aliphatic heterocycles. The van der Waals surface area contributed by atoms with Gasteiger partial charge < -0.3 is 14.6 Å². The summed E-state index contributed by atoms with van der Waals surface area (Å²) in [6.45, 7) is 1.61. The third-order valence-corrected chi connectivity index (χ3v) is 4.98. The van der Waals surface area contributed by atoms with Gasteiger partial charge in [0.05, 0.1) is 6.26 Å². The second-order valence-corrected chi connectivity index (χ2v) is 7.37. The molecule has 0 atom stereocenters. The van der Waals surface area contributed by atoms with Crippen LogP contribution in [0.1, 0.15) is 35.4 Å². The Bertz CT molecular complexity index is 1080. The molecule has 8 nitrogen and oxygen atoms in total. The standard InChI is InChI=1S/C19H18ClF2N5O3/c20-19(21,22)15-10-12(14-4-2-9-30-14)24-16-11-13(25-27(15)16)18(29)23-6-3-8-26-7-1-5-17(26)28/h2,4,9-11H,1,3,5-8H2,(H,23,29). The number of aromatic nitrogens is 3. The Balaban J connectivity index is 1.51. The molecule has 1 N–H and O–H groups in total. The minimum Gasteiger partial charge on any atom is -0.463 e. The van der Waals surface area contributed by atoms with E-state index in [2.05, 4.69) is 15.4 Å². The molecule has 1 aliphatic rings. The quantitative estimate of drug-likeness (QED) is 0.453. The van der Waals surface area contributed by atoms with Gasteiger partial charge in [-0.2, -0.15) is 13.9 Å². The van der Waals surface area contributed by atoms with Crippen LogP contribution in [0.3, 0.4) is 0 Å². The fraction of sp³-hybridized carbons (Fsp3) is 0.368. The van der Waals surface area contributed by atoms with Crippen molar-refractivity contribution in [2.75, 3.05) is 19.6 Å². The van der Waals surface area contributed by atoms with Crippen molar-refractivity contribution in [2.24, 2.45) is 0 Å². The Morgan fingerprint density at radius 1 is 1.37 bits per heavy atom. The number of carbonyl (C=O) groups excluding carboxylic acids is 2. The first-order chi connectivity index (χ1) is 14.3. The van der Waals surface area contributed by atoms with Crippen LogP contribution in [0.15, 0.2) is 34.9 Å². The van der Waals surface area contributed by atoms with Gasteiger partial charge >= 0.3 is 5.38 Å². The van der Waals surface area contributed by atoms with Gasteiger partial charge in [-0.3, -0.25) is 9.59 Å². The smallest absolute Gasteiger partial charge is 0.364 e. The molecule has 0 aliphatic carbocycles. The summed E-state index contributed by atoms with van der Waals surface area (Å²) in [4.78, 5) is 30.0. The second kappa shape index (κ2) is 8.02. The summed E-state index contributed by atoms with van der Waals surface area (Å²) >= 11 is 5.25. The largest absolute Gasteiger partial charge is 0.463 e. The highest BCUT2D eigenvalue weighted by molar-refractivity contribution is 6.21. The average molecular weight is 438 g/mol. The van der Waals surface area contributed by atoms with Crippen LogP contribution in [0.5, 0.6) is 0 Å². The van der Waals surface area contributed by atoms with Crippen molar-refractivity contribution in [3.8, 4) is 11.5 Å². The molecule has 0 bridgehead atoms. The molecule has 4 heterocycles. The fourth-order valence-corrected chi connectivity index (χ4v) is 3.48. The summed E-state index contributed by atoms with van der Waals surface area (Å²) in [6.07, 6.45) is 3.39. The highest BCUT2D eigenvalue weighted by Gasteiger charge is 2.33. The summed E-state index contributed by atoms with van der Waals surface area (Å²) in [7, 11) is 0. The normalized spacial score (nSPS) is 14.6. The van der Waals surface area contributed by atoms with Gasteiger partial charge in [-0.1, -0.05) is 0 Å². The minimum absolute atomic E-state index is 0.0343. The lowest BCUT2D eigenvalue weighted by molar-refractivity contribution is -0.127. The van der Waals surface area contributed by atoms with Gasteiger partial charge in [-0.15, -0.1) is 0 Å². The zero-order chi connectivity index (χ0) is 21.3. The fourth-order valence-electron chi connectivity index (χ4n) is 3.34. The van der Waals surface area contributed by atoms with E-state index >= 15 is 0 Å². The van der Waals surface area contributed by atoms with Gasteiger partial charge in [0.15, 0.2) is 17.1 Å². The van der Waals surface area contributed by atoms with Crippen LogP contribution in [0.25, 0.3) is 17.1 Å². The topological polar surface area (TPSA) is 92.7 Å². The number of fused-ring (bicyclic) bond motifs is 1. The molecule has 1 saturated heterocycles. The van der Waals surface area contributed by atoms with Crippen molar-refractivity contribution in [3.05, 3.63) is 41.9 Å². The van der Waals surface area contributed by atoms with Gasteiger partial charge in [0.2, 0.25) is 5.91 Å². The monoisotopic (exact) mass is 437 g/mol. The molecule has 2 amide bonds. The number of alkyl halides is 3. The Morgan fingerprint density at radius 3 is 2.87 bits per heavy atom. The number of amides is 2. The Kier molecular flexibility index (Phi) is 5.42. The van der Waals surface area contributed by atoms with Crippen molar-refractivity contribution in [2.45, 2.75) is 24.6 Å². The molecule has 0 saturated carbocycles. The van der Waals surface area contributed by atoms with Crippen LogP contribution < -0.4 is 5.32 Å². The van der Waals surface area contributed by atoms with E-state index in [1.54, 1.807) is 17.0 Å². The average Bonchev–Trinajstić information content (AvgIpc) is 3.44. The SMILES string of the molecule is O=C(NCCCN1CCCC1=O)c1cc2nc(-c3ccco3)cc(C(F)(F)Cl)n2n1. The van der Waals surface area contributed by atoms with Crippen molar-refractivity contribution >= 4 is 29.1 Å². The van der Waals surface area contributed by atoms with Gasteiger partial charge in [0.25, 0.3) is 5.91 Å². The molecule has 1 fully saturated rings. The summed E-state index contributed by atoms with van der Waals surface area (Å²) in [5.74, 6) is -0.130. The predicted molar refractivity (Wildman–Crippen MR) is 103 cm³/mol. The van der Waals surface area contributed by atoms with Crippen LogP contribution in [0.2, 0.25) is 0 Å². The number of halogens is 3. The van der Waals surface area contributed by atoms with Gasteiger partial charge in [0, 0.05) is 32.1 Å². The number of carbonyl (C=O) groups is 2. The van der Waals surface area contributed by atoms with E-state index in [0.29, 0.717) is 25.9 Å². The number of hydrogen-bond donors (Lipinski definition) is 1. The maximum absolute atomic E-state index is 14.0. The van der Waals surface area contributed by atoms with Crippen LogP contribution in [-0.4, -0.2) is 50.9 Å². The number of nitrogens with one attached hydrogen (secondary N) is 1. The van der Waals surface area contributed by atoms with E-state index in [-0.39, 0.29) is 28.7 Å². The van der Waals surface area contributed by atoms with E-state index in [0.717, 1.165) is 23.5 Å². The molecule has 4 rings (SSSR count). The molecule has 0 unspecified atom stereocenters. The maximum Gasteiger partial charge on any atom is 0.364 e. The molecule has 11 heteroatoms. The zero-order valence-corrected chi connectivity index (χ0v) is 16.5. The highest BCUT2D eigenvalue weighted by atomic mass is 35.5. The molecular formula is C19H18ClF2N5O3. The predicted octanol–water partition coefficient (Wildman–Crippen LogP) is 3.02. The Morgan fingerprint density at radius 2 is 2.20 bits per heavy atom. The number of furan rings is 1. The molecule has 0 spiro atoms. The second-order valence-electron chi connectivity index (χ2n) is 6.90. The van der Waals surface area contributed by atoms with Crippen LogP contribution in [0, 0.1) is 0 Å². The van der Waals surface area contributed by atoms with E-state index in [9.17, 15) is 18.4 Å². The molecular weight excluding hydrogens is 420 g/mol. The van der Waals surface area contributed by atoms with Crippen molar-refractivity contribution in [3.63, 3.8) is 0 Å². The first kappa shape index (κ1) is 20.3. The maximum atomic E-state index is 14.0. The summed E-state index contributed by atoms with van der Waals surface area (Å²) in [6, 6.07) is 5.55. The van der Waals surface area contributed by atoms with Gasteiger partial charge in [-0.25, -0.2) is 9.50 Å². The summed E-state index contributed by atoms with van der Waals surface area (Å²) < 4.78 is 34.0. The van der Waals surface area contributed by atoms with Crippen molar-refractivity contribution in [1.82, 2.24) is 24.8 Å². The molecule has 0 radical (unpaired) electrons. The van der Waals surface area contributed by atoms with Crippen LogP contribution in [-0.2, 0) is 10.2 Å². The third kappa shape index (κ3) is 4.13. The number of hydrogen-bond acceptors (Lipinski definition) is 5. The van der Waals surface area contributed by atoms with Crippen LogP contribution in [0.4, 0.5) is 8.78 Å². The third-order valence-electron chi connectivity index (χ3n) is 4.79. The Labute approximate surface area is 174 Å². The van der Waals surface area contributed by atoms with E-state index in [1.807, 2.05) is 0 Å². The summed E-state index contributed by atoms with van der Waals surface area (Å²) in [5.41, 5.74) is -0.525. The lowest BCUT2D eigenvalue weighted by Crippen LogP contribution is -2.30. The van der Waals surface area contributed by atoms with Crippen molar-refractivity contribution in [1.29, 1.82) is 0 Å². The number of nitrogens with zero attached hydrogens (tertiary/aromatic N) is 4. The molecule has 3 aromatic heterocycles. The van der Waals surface area contributed by atoms with Gasteiger partial charge in [0.1, 0.15) is 11.4 Å². The number of rotatable bonds is 7. The molecule has 0 aromatic carbocycles. The van der Waals surface area contributed by atoms with Crippen LogP contribution >= 0.6 is 11.6 Å². The molecule has 30 heavy (non-hydrogen) atoms. The Hall–Kier alpha value is -3.01. The highest BCUT2D eigenvalue weighted by Crippen LogP contribution is 2.34. The number of likely N-dealkylation sites (tertiary alicyclic amines) is 1. The van der Waals surface area contributed by atoms with E-state index in [1.165, 1.54) is 12.3 Å². The lowest BCUT2D eigenvalue weighted by atomic mass is 10.2. The van der Waals surface area contributed by atoms with Gasteiger partial charge in [-0.05, 0) is 42.6 Å².